The molecule has 0 spiro atoms. The lowest BCUT2D eigenvalue weighted by Gasteiger charge is -2.27. The van der Waals surface area contributed by atoms with Gasteiger partial charge in [0.1, 0.15) is 0 Å². The number of nitrogens with zero attached hydrogens (tertiary/aromatic N) is 2. The molecule has 8 heteroatoms. The van der Waals surface area contributed by atoms with E-state index in [4.69, 9.17) is 4.74 Å². The van der Waals surface area contributed by atoms with Crippen LogP contribution < -0.4 is 10.1 Å². The Kier molecular flexibility index (Phi) is 6.89. The molecule has 1 amide bonds. The molecule has 0 unspecified atom stereocenters. The van der Waals surface area contributed by atoms with Crippen molar-refractivity contribution in [1.82, 2.24) is 4.90 Å². The van der Waals surface area contributed by atoms with Crippen molar-refractivity contribution >= 4 is 29.0 Å². The highest BCUT2D eigenvalue weighted by Crippen LogP contribution is 2.26. The van der Waals surface area contributed by atoms with E-state index in [-0.39, 0.29) is 24.0 Å². The van der Waals surface area contributed by atoms with E-state index in [0.29, 0.717) is 0 Å². The van der Waals surface area contributed by atoms with Crippen molar-refractivity contribution in [3.05, 3.63) is 63.7 Å². The Hall–Kier alpha value is -2.58. The number of hydrogen-bond acceptors (Lipinski definition) is 6. The van der Waals surface area contributed by atoms with Gasteiger partial charge in [0, 0.05) is 42.9 Å². The summed E-state index contributed by atoms with van der Waals surface area (Å²) >= 11 is 1.98. The molecule has 148 valence electrons. The highest BCUT2D eigenvalue weighted by atomic mass is 32.2. The lowest BCUT2D eigenvalue weighted by molar-refractivity contribution is -0.385. The summed E-state index contributed by atoms with van der Waals surface area (Å²) in [7, 11) is 0. The van der Waals surface area contributed by atoms with Crippen molar-refractivity contribution in [3.8, 4) is 5.75 Å². The first kappa shape index (κ1) is 20.2. The lowest BCUT2D eigenvalue weighted by atomic mass is 10.1. The number of rotatable bonds is 7. The van der Waals surface area contributed by atoms with Crippen LogP contribution in [0.25, 0.3) is 0 Å². The van der Waals surface area contributed by atoms with Crippen LogP contribution in [0.15, 0.2) is 42.5 Å². The van der Waals surface area contributed by atoms with E-state index in [2.05, 4.69) is 16.3 Å². The Morgan fingerprint density at radius 2 is 1.96 bits per heavy atom. The molecule has 1 aliphatic rings. The van der Waals surface area contributed by atoms with Gasteiger partial charge in [0.05, 0.1) is 4.92 Å². The summed E-state index contributed by atoms with van der Waals surface area (Å²) < 4.78 is 5.36. The number of thioether (sulfide) groups is 1. The minimum Gasteiger partial charge on any atom is -0.477 e. The van der Waals surface area contributed by atoms with E-state index in [9.17, 15) is 14.9 Å². The zero-order valence-corrected chi connectivity index (χ0v) is 16.5. The van der Waals surface area contributed by atoms with E-state index in [1.54, 1.807) is 12.1 Å². The molecule has 1 aliphatic heterocycles. The summed E-state index contributed by atoms with van der Waals surface area (Å²) in [4.78, 5) is 25.2. The van der Waals surface area contributed by atoms with Gasteiger partial charge >= 0.3 is 5.69 Å². The van der Waals surface area contributed by atoms with Gasteiger partial charge in [0.25, 0.3) is 5.91 Å². The number of benzene rings is 2. The smallest absolute Gasteiger partial charge is 0.310 e. The minimum absolute atomic E-state index is 0.0797. The van der Waals surface area contributed by atoms with Crippen LogP contribution >= 0.6 is 11.8 Å². The highest BCUT2D eigenvalue weighted by molar-refractivity contribution is 7.99. The fourth-order valence-electron chi connectivity index (χ4n) is 3.05. The highest BCUT2D eigenvalue weighted by Gasteiger charge is 2.16. The van der Waals surface area contributed by atoms with E-state index in [0.717, 1.165) is 42.4 Å². The van der Waals surface area contributed by atoms with E-state index in [1.165, 1.54) is 17.7 Å². The molecule has 0 aliphatic carbocycles. The molecule has 0 atom stereocenters. The molecule has 7 nitrogen and oxygen atoms in total. The van der Waals surface area contributed by atoms with Crippen molar-refractivity contribution in [3.63, 3.8) is 0 Å². The lowest BCUT2D eigenvalue weighted by Crippen LogP contribution is -2.32. The van der Waals surface area contributed by atoms with Crippen molar-refractivity contribution in [2.75, 3.05) is 36.5 Å². The molecule has 0 saturated carbocycles. The number of nitro benzene ring substituents is 1. The van der Waals surface area contributed by atoms with Crippen molar-refractivity contribution in [2.24, 2.45) is 0 Å². The van der Waals surface area contributed by atoms with E-state index < -0.39 is 4.92 Å². The average molecular weight is 401 g/mol. The predicted molar refractivity (Wildman–Crippen MR) is 111 cm³/mol. The third-order valence-electron chi connectivity index (χ3n) is 4.64. The van der Waals surface area contributed by atoms with Gasteiger partial charge in [0.15, 0.2) is 12.4 Å². The van der Waals surface area contributed by atoms with Crippen molar-refractivity contribution in [2.45, 2.75) is 13.5 Å². The number of ether oxygens (including phenoxy) is 1. The van der Waals surface area contributed by atoms with Crippen molar-refractivity contribution < 1.29 is 14.5 Å². The molecule has 1 N–H and O–H groups in total. The van der Waals surface area contributed by atoms with Crippen LogP contribution in [0.4, 0.5) is 11.4 Å². The Morgan fingerprint density at radius 3 is 2.71 bits per heavy atom. The topological polar surface area (TPSA) is 84.7 Å². The van der Waals surface area contributed by atoms with Crippen LogP contribution in [0.1, 0.15) is 11.1 Å². The first-order valence-electron chi connectivity index (χ1n) is 9.09. The molecule has 2 aromatic carbocycles. The number of nitro groups is 1. The molecule has 0 bridgehead atoms. The van der Waals surface area contributed by atoms with E-state index in [1.807, 2.05) is 30.8 Å². The van der Waals surface area contributed by atoms with Gasteiger partial charge in [-0.3, -0.25) is 19.8 Å². The maximum Gasteiger partial charge on any atom is 0.310 e. The number of para-hydroxylation sites is 2. The first-order valence-corrected chi connectivity index (χ1v) is 10.2. The predicted octanol–water partition coefficient (Wildman–Crippen LogP) is 3.47. The van der Waals surface area contributed by atoms with Gasteiger partial charge in [0.2, 0.25) is 0 Å². The van der Waals surface area contributed by atoms with Gasteiger partial charge < -0.3 is 10.1 Å². The molecule has 0 radical (unpaired) electrons. The van der Waals surface area contributed by atoms with Gasteiger partial charge in [-0.2, -0.15) is 11.8 Å². The number of hydrogen-bond donors (Lipinski definition) is 1. The van der Waals surface area contributed by atoms with Crippen LogP contribution in [0.5, 0.6) is 5.75 Å². The maximum atomic E-state index is 12.3. The summed E-state index contributed by atoms with van der Waals surface area (Å²) in [5.41, 5.74) is 2.79. The fraction of sp³-hybridized carbons (Fsp3) is 0.350. The summed E-state index contributed by atoms with van der Waals surface area (Å²) in [5.74, 6) is 2.03. The Morgan fingerprint density at radius 1 is 1.21 bits per heavy atom. The van der Waals surface area contributed by atoms with Crippen LogP contribution in [-0.2, 0) is 11.3 Å². The Balaban J connectivity index is 1.61. The first-order chi connectivity index (χ1) is 13.5. The molecule has 1 saturated heterocycles. The van der Waals surface area contributed by atoms with E-state index >= 15 is 0 Å². The molecular formula is C20H23N3O4S. The molecule has 0 aromatic heterocycles. The second-order valence-electron chi connectivity index (χ2n) is 6.54. The second-order valence-corrected chi connectivity index (χ2v) is 7.76. The number of anilines is 1. The molecule has 1 heterocycles. The van der Waals surface area contributed by atoms with Crippen LogP contribution in [0, 0.1) is 17.0 Å². The number of nitrogens with one attached hydrogen (secondary N) is 1. The Labute approximate surface area is 168 Å². The third kappa shape index (κ3) is 5.24. The number of carbonyl (C=O) groups is 1. The van der Waals surface area contributed by atoms with Crippen LogP contribution in [-0.4, -0.2) is 46.9 Å². The van der Waals surface area contributed by atoms with Crippen LogP contribution in [0.2, 0.25) is 0 Å². The maximum absolute atomic E-state index is 12.3. The normalized spacial score (nSPS) is 14.5. The number of carbonyl (C=O) groups excluding carboxylic acids is 1. The van der Waals surface area contributed by atoms with Gasteiger partial charge in [-0.15, -0.1) is 0 Å². The average Bonchev–Trinajstić information content (AvgIpc) is 2.70. The minimum atomic E-state index is -0.528. The molecule has 1 fully saturated rings. The molecular weight excluding hydrogens is 378 g/mol. The van der Waals surface area contributed by atoms with Crippen LogP contribution in [0.3, 0.4) is 0 Å². The van der Waals surface area contributed by atoms with Gasteiger partial charge in [-0.05, 0) is 30.2 Å². The standard InChI is InChI=1S/C20H23N3O4S/c1-15-16(13-22-9-11-28-12-10-22)5-4-6-17(15)21-20(24)14-27-19-8-3-2-7-18(19)23(25)26/h2-8H,9-14H2,1H3,(H,21,24). The SMILES string of the molecule is Cc1c(CN2CCSCC2)cccc1NC(=O)COc1ccccc1[N+](=O)[O-]. The Bertz CT molecular complexity index is 853. The number of amides is 1. The summed E-state index contributed by atoms with van der Waals surface area (Å²) in [6.45, 7) is 4.71. The quantitative estimate of drug-likeness (QED) is 0.565. The monoisotopic (exact) mass is 401 g/mol. The van der Waals surface area contributed by atoms with Gasteiger partial charge in [-0.25, -0.2) is 0 Å². The van der Waals surface area contributed by atoms with Crippen molar-refractivity contribution in [1.29, 1.82) is 0 Å². The zero-order valence-electron chi connectivity index (χ0n) is 15.7. The third-order valence-corrected chi connectivity index (χ3v) is 5.58. The molecule has 2 aromatic rings. The second kappa shape index (κ2) is 9.57. The molecule has 3 rings (SSSR count). The molecule has 28 heavy (non-hydrogen) atoms. The van der Waals surface area contributed by atoms with Gasteiger partial charge in [-0.1, -0.05) is 24.3 Å². The summed E-state index contributed by atoms with van der Waals surface area (Å²) in [5, 5.41) is 13.9. The zero-order chi connectivity index (χ0) is 19.9. The summed E-state index contributed by atoms with van der Waals surface area (Å²) in [6.07, 6.45) is 0. The largest absolute Gasteiger partial charge is 0.477 e. The fourth-order valence-corrected chi connectivity index (χ4v) is 4.03. The summed E-state index contributed by atoms with van der Waals surface area (Å²) in [6, 6.07) is 11.9.